The van der Waals surface area contributed by atoms with Crippen LogP contribution in [0.3, 0.4) is 0 Å². The number of carboxylic acids is 1. The fraction of sp³-hybridized carbons (Fsp3) is 0.167. The quantitative estimate of drug-likeness (QED) is 0.798. The molecule has 86 valence electrons. The minimum Gasteiger partial charge on any atom is -0.481 e. The monoisotopic (exact) mass is 221 g/mol. The van der Waals surface area contributed by atoms with Crippen molar-refractivity contribution in [3.63, 3.8) is 0 Å². The number of pyridine rings is 1. The molecule has 0 aliphatic carbocycles. The zero-order chi connectivity index (χ0) is 11.1. The first kappa shape index (κ1) is 14.1. The molecular weight excluding hydrogens is 206 g/mol. The van der Waals surface area contributed by atoms with Crippen LogP contribution < -0.4 is 0 Å². The average Bonchev–Trinajstić information content (AvgIpc) is 2.30. The first-order chi connectivity index (χ1) is 7.24. The predicted molar refractivity (Wildman–Crippen MR) is 63.3 cm³/mol. The van der Waals surface area contributed by atoms with Crippen molar-refractivity contribution in [1.29, 1.82) is 0 Å². The summed E-state index contributed by atoms with van der Waals surface area (Å²) in [7, 11) is 0. The van der Waals surface area contributed by atoms with Crippen LogP contribution in [0.25, 0.3) is 10.9 Å². The lowest BCUT2D eigenvalue weighted by Crippen LogP contribution is -1.86. The van der Waals surface area contributed by atoms with E-state index in [0.717, 1.165) is 5.52 Å². The van der Waals surface area contributed by atoms with Gasteiger partial charge >= 0.3 is 5.97 Å². The Morgan fingerprint density at radius 3 is 2.38 bits per heavy atom. The van der Waals surface area contributed by atoms with Crippen LogP contribution in [0.5, 0.6) is 0 Å². The van der Waals surface area contributed by atoms with E-state index in [1.807, 2.05) is 30.5 Å². The predicted octanol–water partition coefficient (Wildman–Crippen LogP) is 1.89. The molecule has 3 N–H and O–H groups in total. The topological polar surface area (TPSA) is 81.7 Å². The number of hydrogen-bond acceptors (Lipinski definition) is 2. The van der Waals surface area contributed by atoms with E-state index >= 15 is 0 Å². The second kappa shape index (κ2) is 7.36. The summed E-state index contributed by atoms with van der Waals surface area (Å²) >= 11 is 0. The fourth-order valence-electron chi connectivity index (χ4n) is 1.02. The van der Waals surface area contributed by atoms with Crippen molar-refractivity contribution in [2.45, 2.75) is 13.3 Å². The van der Waals surface area contributed by atoms with Crippen LogP contribution in [0.15, 0.2) is 42.6 Å². The third kappa shape index (κ3) is 4.52. The molecular formula is C12H15NO3. The maximum Gasteiger partial charge on any atom is 0.303 e. The number of nitrogens with zero attached hydrogens (tertiary/aromatic N) is 1. The van der Waals surface area contributed by atoms with Gasteiger partial charge in [-0.05, 0) is 12.1 Å². The van der Waals surface area contributed by atoms with Crippen molar-refractivity contribution in [3.05, 3.63) is 42.6 Å². The van der Waals surface area contributed by atoms with Crippen LogP contribution in [0.4, 0.5) is 0 Å². The van der Waals surface area contributed by atoms with Gasteiger partial charge in [0.2, 0.25) is 0 Å². The van der Waals surface area contributed by atoms with Crippen LogP contribution in [0.1, 0.15) is 13.3 Å². The number of carbonyl (C=O) groups is 1. The molecule has 2 rings (SSSR count). The fourth-order valence-corrected chi connectivity index (χ4v) is 1.02. The lowest BCUT2D eigenvalue weighted by atomic mass is 10.2. The summed E-state index contributed by atoms with van der Waals surface area (Å²) in [4.78, 5) is 13.5. The zero-order valence-electron chi connectivity index (χ0n) is 9.05. The number of aliphatic carboxylic acids is 1. The lowest BCUT2D eigenvalue weighted by Gasteiger charge is -1.91. The average molecular weight is 221 g/mol. The van der Waals surface area contributed by atoms with Gasteiger partial charge in [0.15, 0.2) is 0 Å². The van der Waals surface area contributed by atoms with E-state index in [0.29, 0.717) is 0 Å². The summed E-state index contributed by atoms with van der Waals surface area (Å²) in [6.45, 7) is 1.60. The first-order valence-corrected chi connectivity index (χ1v) is 4.75. The molecule has 0 aliphatic rings. The van der Waals surface area contributed by atoms with Crippen molar-refractivity contribution in [2.75, 3.05) is 0 Å². The first-order valence-electron chi connectivity index (χ1n) is 4.75. The summed E-state index contributed by atoms with van der Waals surface area (Å²) in [5.41, 5.74) is 1.06. The number of benzene rings is 1. The highest BCUT2D eigenvalue weighted by atomic mass is 16.4. The largest absolute Gasteiger partial charge is 0.481 e. The second-order valence-electron chi connectivity index (χ2n) is 2.94. The summed E-state index contributed by atoms with van der Waals surface area (Å²) in [6.07, 6.45) is 2.03. The molecule has 1 aromatic heterocycles. The van der Waals surface area contributed by atoms with Gasteiger partial charge < -0.3 is 10.6 Å². The van der Waals surface area contributed by atoms with E-state index in [4.69, 9.17) is 5.11 Å². The number of rotatable bonds is 1. The Kier molecular flexibility index (Phi) is 6.47. The van der Waals surface area contributed by atoms with E-state index < -0.39 is 5.97 Å². The lowest BCUT2D eigenvalue weighted by molar-refractivity contribution is -0.136. The van der Waals surface area contributed by atoms with Crippen LogP contribution in [-0.2, 0) is 4.79 Å². The van der Waals surface area contributed by atoms with Gasteiger partial charge in [0.1, 0.15) is 0 Å². The van der Waals surface area contributed by atoms with Gasteiger partial charge in [-0.2, -0.15) is 0 Å². The molecule has 0 radical (unpaired) electrons. The van der Waals surface area contributed by atoms with Gasteiger partial charge in [0.05, 0.1) is 5.52 Å². The van der Waals surface area contributed by atoms with Crippen LogP contribution in [-0.4, -0.2) is 21.5 Å². The molecule has 16 heavy (non-hydrogen) atoms. The molecule has 0 saturated carbocycles. The van der Waals surface area contributed by atoms with Gasteiger partial charge in [-0.15, -0.1) is 0 Å². The van der Waals surface area contributed by atoms with E-state index in [1.165, 1.54) is 5.39 Å². The van der Waals surface area contributed by atoms with Gasteiger partial charge in [-0.25, -0.2) is 0 Å². The molecule has 0 atom stereocenters. The van der Waals surface area contributed by atoms with Gasteiger partial charge in [0.25, 0.3) is 0 Å². The molecule has 4 nitrogen and oxygen atoms in total. The molecule has 0 amide bonds. The van der Waals surface area contributed by atoms with Crippen LogP contribution >= 0.6 is 0 Å². The van der Waals surface area contributed by atoms with Crippen molar-refractivity contribution in [1.82, 2.24) is 4.98 Å². The normalized spacial score (nSPS) is 8.56. The highest BCUT2D eigenvalue weighted by molar-refractivity contribution is 5.77. The van der Waals surface area contributed by atoms with Crippen molar-refractivity contribution < 1.29 is 15.4 Å². The molecule has 4 heteroatoms. The highest BCUT2D eigenvalue weighted by Gasteiger charge is 1.86. The summed E-state index contributed by atoms with van der Waals surface area (Å²) < 4.78 is 0. The van der Waals surface area contributed by atoms with Gasteiger partial charge in [0, 0.05) is 18.0 Å². The number of carboxylic acid groups (broad SMARTS) is 1. The maximum absolute atomic E-state index is 9.37. The van der Waals surface area contributed by atoms with E-state index in [-0.39, 0.29) is 11.9 Å². The van der Waals surface area contributed by atoms with E-state index in [9.17, 15) is 4.79 Å². The molecule has 0 saturated heterocycles. The Hall–Kier alpha value is -1.94. The Morgan fingerprint density at radius 2 is 1.81 bits per heavy atom. The smallest absolute Gasteiger partial charge is 0.303 e. The third-order valence-corrected chi connectivity index (χ3v) is 1.81. The van der Waals surface area contributed by atoms with Crippen molar-refractivity contribution in [3.8, 4) is 0 Å². The number of hydrogen-bond donors (Lipinski definition) is 1. The molecule has 0 fully saturated rings. The number of aromatic nitrogens is 1. The summed E-state index contributed by atoms with van der Waals surface area (Å²) in [5, 5.41) is 8.92. The highest BCUT2D eigenvalue weighted by Crippen LogP contribution is 2.07. The standard InChI is InChI=1S/C9H7N.C3H6O2.H2O/c1-2-6-9-8(4-1)5-3-7-10-9;1-2-3(4)5;/h1-7H;2H2,1H3,(H,4,5);1H2. The summed E-state index contributed by atoms with van der Waals surface area (Å²) in [5.74, 6) is -0.745. The third-order valence-electron chi connectivity index (χ3n) is 1.81. The Morgan fingerprint density at radius 1 is 1.25 bits per heavy atom. The van der Waals surface area contributed by atoms with E-state index in [2.05, 4.69) is 17.1 Å². The molecule has 0 aliphatic heterocycles. The summed E-state index contributed by atoms with van der Waals surface area (Å²) in [6, 6.07) is 12.1. The SMILES string of the molecule is CCC(=O)O.O.c1ccc2ncccc2c1. The van der Waals surface area contributed by atoms with Crippen molar-refractivity contribution in [2.24, 2.45) is 0 Å². The minimum absolute atomic E-state index is 0. The molecule has 0 unspecified atom stereocenters. The van der Waals surface area contributed by atoms with Gasteiger partial charge in [-0.1, -0.05) is 31.2 Å². The molecule has 0 spiro atoms. The van der Waals surface area contributed by atoms with Crippen LogP contribution in [0.2, 0.25) is 0 Å². The zero-order valence-corrected chi connectivity index (χ0v) is 9.05. The number of para-hydroxylation sites is 1. The number of fused-ring (bicyclic) bond motifs is 1. The van der Waals surface area contributed by atoms with Crippen LogP contribution in [0, 0.1) is 0 Å². The van der Waals surface area contributed by atoms with Gasteiger partial charge in [-0.3, -0.25) is 9.78 Å². The molecule has 2 aromatic rings. The molecule has 1 aromatic carbocycles. The van der Waals surface area contributed by atoms with E-state index in [1.54, 1.807) is 6.92 Å². The Labute approximate surface area is 93.9 Å². The second-order valence-corrected chi connectivity index (χ2v) is 2.94. The molecule has 0 bridgehead atoms. The maximum atomic E-state index is 9.37. The minimum atomic E-state index is -0.745. The Balaban J connectivity index is 0.000000330. The Bertz CT molecular complexity index is 377. The molecule has 1 heterocycles. The van der Waals surface area contributed by atoms with Crippen molar-refractivity contribution >= 4 is 16.9 Å².